The van der Waals surface area contributed by atoms with Crippen LogP contribution in [0.5, 0.6) is 0 Å². The summed E-state index contributed by atoms with van der Waals surface area (Å²) in [5, 5.41) is 8.31. The molecular formula is C20H20N4S2. The van der Waals surface area contributed by atoms with Crippen molar-refractivity contribution in [2.24, 2.45) is 0 Å². The van der Waals surface area contributed by atoms with E-state index >= 15 is 0 Å². The Kier molecular flexibility index (Phi) is 4.32. The minimum Gasteiger partial charge on any atom is -0.355 e. The molecule has 4 aromatic rings. The third kappa shape index (κ3) is 3.09. The second-order valence-electron chi connectivity index (χ2n) is 6.76. The van der Waals surface area contributed by atoms with Gasteiger partial charge in [-0.2, -0.15) is 0 Å². The fraction of sp³-hybridized carbons (Fsp3) is 0.300. The molecule has 1 saturated heterocycles. The number of hydrogen-bond acceptors (Lipinski definition) is 6. The Morgan fingerprint density at radius 3 is 3.08 bits per heavy atom. The van der Waals surface area contributed by atoms with Crippen molar-refractivity contribution in [2.75, 3.05) is 18.4 Å². The molecule has 1 atom stereocenters. The third-order valence-corrected chi connectivity index (χ3v) is 7.06. The first-order valence-corrected chi connectivity index (χ1v) is 10.8. The van der Waals surface area contributed by atoms with Crippen molar-refractivity contribution in [3.05, 3.63) is 46.9 Å². The highest BCUT2D eigenvalue weighted by Crippen LogP contribution is 2.38. The Balaban J connectivity index is 1.49. The van der Waals surface area contributed by atoms with Crippen molar-refractivity contribution in [3.8, 4) is 0 Å². The Labute approximate surface area is 160 Å². The van der Waals surface area contributed by atoms with Gasteiger partial charge in [-0.05, 0) is 68.6 Å². The van der Waals surface area contributed by atoms with E-state index in [9.17, 15) is 0 Å². The smallest absolute Gasteiger partial charge is 0.125 e. The maximum atomic E-state index is 4.62. The molecule has 0 aliphatic carbocycles. The minimum absolute atomic E-state index is 0.656. The van der Waals surface area contributed by atoms with Crippen LogP contribution in [0.1, 0.15) is 30.1 Å². The minimum atomic E-state index is 0.656. The predicted molar refractivity (Wildman–Crippen MR) is 112 cm³/mol. The van der Waals surface area contributed by atoms with E-state index in [-0.39, 0.29) is 0 Å². The summed E-state index contributed by atoms with van der Waals surface area (Å²) in [6.45, 7) is 2.26. The molecule has 0 amide bonds. The predicted octanol–water partition coefficient (Wildman–Crippen LogP) is 5.51. The van der Waals surface area contributed by atoms with Gasteiger partial charge in [0, 0.05) is 22.1 Å². The van der Waals surface area contributed by atoms with Gasteiger partial charge >= 0.3 is 0 Å². The summed E-state index contributed by atoms with van der Waals surface area (Å²) in [5.74, 6) is 0.656. The van der Waals surface area contributed by atoms with E-state index in [1.165, 1.54) is 34.2 Å². The van der Waals surface area contributed by atoms with Crippen LogP contribution in [0.3, 0.4) is 0 Å². The molecule has 3 aromatic heterocycles. The van der Waals surface area contributed by atoms with E-state index < -0.39 is 0 Å². The maximum Gasteiger partial charge on any atom is 0.125 e. The topological polar surface area (TPSA) is 49.8 Å². The number of hydrogen-bond donors (Lipinski definition) is 2. The van der Waals surface area contributed by atoms with Crippen molar-refractivity contribution in [1.29, 1.82) is 0 Å². The van der Waals surface area contributed by atoms with Crippen molar-refractivity contribution in [1.82, 2.24) is 15.3 Å². The van der Waals surface area contributed by atoms with Gasteiger partial charge in [0.25, 0.3) is 0 Å². The first-order valence-electron chi connectivity index (χ1n) is 9.06. The lowest BCUT2D eigenvalue weighted by Gasteiger charge is -2.10. The molecule has 1 aliphatic rings. The van der Waals surface area contributed by atoms with Gasteiger partial charge in [-0.25, -0.2) is 9.97 Å². The number of benzene rings is 1. The molecule has 5 rings (SSSR count). The molecule has 4 heterocycles. The average molecular weight is 381 g/mol. The van der Waals surface area contributed by atoms with Gasteiger partial charge in [-0.15, -0.1) is 22.7 Å². The molecule has 1 fully saturated rings. The normalized spacial score (nSPS) is 18.2. The van der Waals surface area contributed by atoms with E-state index in [2.05, 4.69) is 50.9 Å². The Morgan fingerprint density at radius 2 is 2.08 bits per heavy atom. The third-order valence-electron chi connectivity index (χ3n) is 5.04. The summed E-state index contributed by atoms with van der Waals surface area (Å²) in [6.07, 6.45) is 5.64. The number of rotatable bonds is 3. The van der Waals surface area contributed by atoms with Crippen LogP contribution in [0.2, 0.25) is 0 Å². The molecule has 2 N–H and O–H groups in total. The van der Waals surface area contributed by atoms with Gasteiger partial charge in [-0.3, -0.25) is 0 Å². The number of nitrogens with zero attached hydrogens (tertiary/aromatic N) is 2. The fourth-order valence-electron chi connectivity index (χ4n) is 3.66. The maximum absolute atomic E-state index is 4.62. The van der Waals surface area contributed by atoms with Crippen LogP contribution in [0.25, 0.3) is 20.4 Å². The zero-order valence-corrected chi connectivity index (χ0v) is 16.0. The number of thiazole rings is 1. The number of anilines is 2. The molecule has 0 spiro atoms. The van der Waals surface area contributed by atoms with Crippen molar-refractivity contribution in [2.45, 2.75) is 25.2 Å². The molecule has 26 heavy (non-hydrogen) atoms. The molecule has 0 bridgehead atoms. The van der Waals surface area contributed by atoms with Gasteiger partial charge < -0.3 is 10.6 Å². The van der Waals surface area contributed by atoms with Gasteiger partial charge in [0.15, 0.2) is 0 Å². The number of thiophene rings is 1. The molecule has 1 aromatic carbocycles. The highest BCUT2D eigenvalue weighted by molar-refractivity contribution is 7.18. The average Bonchev–Trinajstić information content (AvgIpc) is 3.21. The zero-order valence-electron chi connectivity index (χ0n) is 14.4. The van der Waals surface area contributed by atoms with E-state index in [1.54, 1.807) is 11.3 Å². The Hall–Kier alpha value is -2.02. The lowest BCUT2D eigenvalue weighted by atomic mass is 9.98. The second-order valence-corrected chi connectivity index (χ2v) is 8.71. The fourth-order valence-corrected chi connectivity index (χ4v) is 5.52. The lowest BCUT2D eigenvalue weighted by molar-refractivity contribution is 0.619. The van der Waals surface area contributed by atoms with Gasteiger partial charge in [-0.1, -0.05) is 0 Å². The van der Waals surface area contributed by atoms with Crippen LogP contribution in [0.15, 0.2) is 42.0 Å². The number of pyridine rings is 1. The van der Waals surface area contributed by atoms with Crippen LogP contribution < -0.4 is 10.6 Å². The van der Waals surface area contributed by atoms with Crippen LogP contribution in [0, 0.1) is 0 Å². The summed E-state index contributed by atoms with van der Waals surface area (Å²) < 4.78 is 1.22. The summed E-state index contributed by atoms with van der Waals surface area (Å²) >= 11 is 3.53. The summed E-state index contributed by atoms with van der Waals surface area (Å²) in [6, 6.07) is 10.8. The Morgan fingerprint density at radius 1 is 1.08 bits per heavy atom. The first-order chi connectivity index (χ1) is 12.9. The van der Waals surface area contributed by atoms with Crippen molar-refractivity contribution < 1.29 is 0 Å². The highest BCUT2D eigenvalue weighted by atomic mass is 32.1. The van der Waals surface area contributed by atoms with Gasteiger partial charge in [0.05, 0.1) is 21.4 Å². The molecular weight excluding hydrogens is 360 g/mol. The molecule has 4 nitrogen and oxygen atoms in total. The van der Waals surface area contributed by atoms with Crippen molar-refractivity contribution >= 4 is 54.5 Å². The van der Waals surface area contributed by atoms with Crippen LogP contribution in [-0.4, -0.2) is 23.1 Å². The van der Waals surface area contributed by atoms with Crippen LogP contribution in [0.4, 0.5) is 11.4 Å². The van der Waals surface area contributed by atoms with E-state index in [4.69, 9.17) is 0 Å². The second kappa shape index (κ2) is 6.95. The quantitative estimate of drug-likeness (QED) is 0.492. The first kappa shape index (κ1) is 16.2. The molecule has 6 heteroatoms. The summed E-state index contributed by atoms with van der Waals surface area (Å²) in [5.41, 5.74) is 5.13. The van der Waals surface area contributed by atoms with Gasteiger partial charge in [0.1, 0.15) is 4.83 Å². The van der Waals surface area contributed by atoms with Crippen LogP contribution in [-0.2, 0) is 0 Å². The number of aromatic nitrogens is 2. The molecule has 1 unspecified atom stereocenters. The van der Waals surface area contributed by atoms with Gasteiger partial charge in [0.2, 0.25) is 0 Å². The standard InChI is InChI=1S/C20H20N4S2/c1-2-13(5-8-21-7-1)19-11-15-16(6-9-22-20(15)26-19)24-14-3-4-18-17(10-14)23-12-25-18/h3-4,6,9-13,21H,1-2,5,7-8H2,(H,22,24). The largest absolute Gasteiger partial charge is 0.355 e. The monoisotopic (exact) mass is 380 g/mol. The number of fused-ring (bicyclic) bond motifs is 2. The highest BCUT2D eigenvalue weighted by Gasteiger charge is 2.18. The Bertz CT molecular complexity index is 1040. The van der Waals surface area contributed by atoms with E-state index in [0.29, 0.717) is 5.92 Å². The van der Waals surface area contributed by atoms with Crippen LogP contribution >= 0.6 is 22.7 Å². The molecule has 132 valence electrons. The number of nitrogens with one attached hydrogen (secondary N) is 2. The summed E-state index contributed by atoms with van der Waals surface area (Å²) in [7, 11) is 0. The molecule has 1 aliphatic heterocycles. The lowest BCUT2D eigenvalue weighted by Crippen LogP contribution is -2.13. The molecule has 0 radical (unpaired) electrons. The SMILES string of the molecule is c1cc(Nc2ccc3scnc3c2)c2cc(C3CCCNCC3)sc2n1. The zero-order chi connectivity index (χ0) is 17.3. The van der Waals surface area contributed by atoms with E-state index in [0.717, 1.165) is 34.8 Å². The molecule has 0 saturated carbocycles. The summed E-state index contributed by atoms with van der Waals surface area (Å²) in [4.78, 5) is 11.6. The van der Waals surface area contributed by atoms with E-state index in [1.807, 2.05) is 23.0 Å². The van der Waals surface area contributed by atoms with Crippen molar-refractivity contribution in [3.63, 3.8) is 0 Å².